The summed E-state index contributed by atoms with van der Waals surface area (Å²) in [7, 11) is 0. The van der Waals surface area contributed by atoms with Gasteiger partial charge in [0.25, 0.3) is 0 Å². The molecule has 4 nitrogen and oxygen atoms in total. The Balaban J connectivity index is 1.40. The van der Waals surface area contributed by atoms with E-state index < -0.39 is 0 Å². The molecule has 1 aromatic heterocycles. The second kappa shape index (κ2) is 7.79. The summed E-state index contributed by atoms with van der Waals surface area (Å²) < 4.78 is 0. The van der Waals surface area contributed by atoms with Crippen LogP contribution in [0.2, 0.25) is 0 Å². The molecule has 24 heavy (non-hydrogen) atoms. The first-order valence-corrected chi connectivity index (χ1v) is 8.30. The third-order valence-electron chi connectivity index (χ3n) is 4.09. The third kappa shape index (κ3) is 4.24. The summed E-state index contributed by atoms with van der Waals surface area (Å²) >= 11 is 0. The molecule has 0 aliphatic rings. The summed E-state index contributed by atoms with van der Waals surface area (Å²) in [5.41, 5.74) is 4.80. The van der Waals surface area contributed by atoms with E-state index in [-0.39, 0.29) is 5.91 Å². The van der Waals surface area contributed by atoms with Gasteiger partial charge in [-0.1, -0.05) is 48.0 Å². The highest BCUT2D eigenvalue weighted by atomic mass is 16.1. The van der Waals surface area contributed by atoms with Crippen LogP contribution in [0.25, 0.3) is 10.9 Å². The normalized spacial score (nSPS) is 10.9. The smallest absolute Gasteiger partial charge is 0.233 e. The van der Waals surface area contributed by atoms with E-state index in [1.54, 1.807) is 0 Å². The van der Waals surface area contributed by atoms with Gasteiger partial charge < -0.3 is 15.6 Å². The van der Waals surface area contributed by atoms with Crippen LogP contribution in [0.15, 0.2) is 54.7 Å². The monoisotopic (exact) mass is 321 g/mol. The number of H-pyrrole nitrogens is 1. The van der Waals surface area contributed by atoms with Crippen LogP contribution in [0.4, 0.5) is 0 Å². The molecule has 124 valence electrons. The van der Waals surface area contributed by atoms with Crippen LogP contribution in [0.1, 0.15) is 16.7 Å². The van der Waals surface area contributed by atoms with Crippen molar-refractivity contribution >= 4 is 16.8 Å². The van der Waals surface area contributed by atoms with E-state index in [0.717, 1.165) is 11.9 Å². The molecule has 0 aliphatic carbocycles. The Hall–Kier alpha value is -2.59. The van der Waals surface area contributed by atoms with E-state index in [1.165, 1.54) is 22.1 Å². The topological polar surface area (TPSA) is 56.9 Å². The summed E-state index contributed by atoms with van der Waals surface area (Å²) in [5.74, 6) is 0.0301. The molecule has 2 aromatic carbocycles. The van der Waals surface area contributed by atoms with Crippen molar-refractivity contribution in [3.8, 4) is 0 Å². The molecular weight excluding hydrogens is 298 g/mol. The zero-order valence-electron chi connectivity index (χ0n) is 13.9. The molecule has 3 N–H and O–H groups in total. The molecule has 4 heteroatoms. The highest BCUT2D eigenvalue weighted by molar-refractivity contribution is 5.83. The molecule has 3 aromatic rings. The van der Waals surface area contributed by atoms with Gasteiger partial charge in [-0.3, -0.25) is 4.79 Å². The Bertz CT molecular complexity index is 822. The molecule has 0 saturated heterocycles. The predicted molar refractivity (Wildman–Crippen MR) is 97.9 cm³/mol. The molecule has 0 atom stereocenters. The lowest BCUT2D eigenvalue weighted by molar-refractivity contribution is -0.120. The number of aromatic nitrogens is 1. The predicted octanol–water partition coefficient (Wildman–Crippen LogP) is 2.92. The number of carbonyl (C=O) groups excluding carboxylic acids is 1. The molecule has 3 rings (SSSR count). The first kappa shape index (κ1) is 16.3. The Kier molecular flexibility index (Phi) is 5.29. The molecular formula is C20H23N3O. The third-order valence-corrected chi connectivity index (χ3v) is 4.09. The van der Waals surface area contributed by atoms with Crippen LogP contribution in [0.3, 0.4) is 0 Å². The van der Waals surface area contributed by atoms with Gasteiger partial charge in [0.05, 0.1) is 6.54 Å². The molecule has 0 unspecified atom stereocenters. The summed E-state index contributed by atoms with van der Waals surface area (Å²) in [6.45, 7) is 3.76. The van der Waals surface area contributed by atoms with Crippen molar-refractivity contribution < 1.29 is 4.79 Å². The van der Waals surface area contributed by atoms with E-state index in [1.807, 2.05) is 24.4 Å². The van der Waals surface area contributed by atoms with Crippen molar-refractivity contribution in [2.75, 3.05) is 13.1 Å². The maximum absolute atomic E-state index is 11.9. The van der Waals surface area contributed by atoms with Gasteiger partial charge >= 0.3 is 0 Å². The van der Waals surface area contributed by atoms with Crippen LogP contribution < -0.4 is 10.6 Å². The summed E-state index contributed by atoms with van der Waals surface area (Å²) in [5, 5.41) is 7.38. The van der Waals surface area contributed by atoms with Crippen LogP contribution >= 0.6 is 0 Å². The number of rotatable bonds is 7. The van der Waals surface area contributed by atoms with E-state index >= 15 is 0 Å². The summed E-state index contributed by atoms with van der Waals surface area (Å²) in [6, 6.07) is 16.5. The number of amides is 1. The van der Waals surface area contributed by atoms with Gasteiger partial charge in [-0.05, 0) is 30.5 Å². The molecule has 0 spiro atoms. The molecule has 0 radical (unpaired) electrons. The van der Waals surface area contributed by atoms with E-state index in [9.17, 15) is 4.79 Å². The Morgan fingerprint density at radius 2 is 2.00 bits per heavy atom. The highest BCUT2D eigenvalue weighted by Crippen LogP contribution is 2.17. The average molecular weight is 321 g/mol. The molecule has 0 saturated carbocycles. The molecule has 0 bridgehead atoms. The zero-order chi connectivity index (χ0) is 16.8. The first-order valence-electron chi connectivity index (χ1n) is 8.30. The fourth-order valence-corrected chi connectivity index (χ4v) is 2.88. The Morgan fingerprint density at radius 1 is 1.12 bits per heavy atom. The summed E-state index contributed by atoms with van der Waals surface area (Å²) in [4.78, 5) is 15.2. The lowest BCUT2D eigenvalue weighted by Crippen LogP contribution is -2.34. The number of nitrogens with one attached hydrogen (secondary N) is 3. The zero-order valence-corrected chi connectivity index (χ0v) is 13.9. The van der Waals surface area contributed by atoms with Crippen LogP contribution in [-0.2, 0) is 17.8 Å². The van der Waals surface area contributed by atoms with Crippen molar-refractivity contribution in [3.05, 3.63) is 71.4 Å². The van der Waals surface area contributed by atoms with E-state index in [0.29, 0.717) is 19.6 Å². The quantitative estimate of drug-likeness (QED) is 0.627. The minimum atomic E-state index is 0.0301. The maximum atomic E-state index is 11.9. The number of benzene rings is 2. The fourth-order valence-electron chi connectivity index (χ4n) is 2.88. The first-order chi connectivity index (χ1) is 11.7. The van der Waals surface area contributed by atoms with Crippen molar-refractivity contribution in [2.45, 2.75) is 19.9 Å². The van der Waals surface area contributed by atoms with Crippen molar-refractivity contribution in [1.29, 1.82) is 0 Å². The lowest BCUT2D eigenvalue weighted by atomic mass is 10.1. The SMILES string of the molecule is Cc1cccc(CNCC(=O)NCCc2c[nH]c3ccccc23)c1. The van der Waals surface area contributed by atoms with Crippen molar-refractivity contribution in [3.63, 3.8) is 0 Å². The van der Waals surface area contributed by atoms with E-state index in [4.69, 9.17) is 0 Å². The minimum Gasteiger partial charge on any atom is -0.361 e. The Morgan fingerprint density at radius 3 is 2.88 bits per heavy atom. The Labute approximate surface area is 142 Å². The van der Waals surface area contributed by atoms with Gasteiger partial charge in [0.15, 0.2) is 0 Å². The van der Waals surface area contributed by atoms with Gasteiger partial charge in [0.1, 0.15) is 0 Å². The number of hydrogen-bond acceptors (Lipinski definition) is 2. The molecule has 0 fully saturated rings. The van der Waals surface area contributed by atoms with Gasteiger partial charge in [0.2, 0.25) is 5.91 Å². The number of aryl methyl sites for hydroxylation is 1. The number of hydrogen-bond donors (Lipinski definition) is 3. The van der Waals surface area contributed by atoms with Crippen LogP contribution in [0, 0.1) is 6.92 Å². The number of para-hydroxylation sites is 1. The van der Waals surface area contributed by atoms with Gasteiger partial charge in [-0.25, -0.2) is 0 Å². The fraction of sp³-hybridized carbons (Fsp3) is 0.250. The lowest BCUT2D eigenvalue weighted by Gasteiger charge is -2.07. The number of fused-ring (bicyclic) bond motifs is 1. The minimum absolute atomic E-state index is 0.0301. The second-order valence-electron chi connectivity index (χ2n) is 6.05. The van der Waals surface area contributed by atoms with Gasteiger partial charge in [-0.15, -0.1) is 0 Å². The van der Waals surface area contributed by atoms with Crippen LogP contribution in [0.5, 0.6) is 0 Å². The highest BCUT2D eigenvalue weighted by Gasteiger charge is 2.04. The molecule has 0 aliphatic heterocycles. The van der Waals surface area contributed by atoms with Crippen molar-refractivity contribution in [2.24, 2.45) is 0 Å². The van der Waals surface area contributed by atoms with Crippen molar-refractivity contribution in [1.82, 2.24) is 15.6 Å². The largest absolute Gasteiger partial charge is 0.361 e. The number of aromatic amines is 1. The number of carbonyl (C=O) groups is 1. The van der Waals surface area contributed by atoms with Crippen LogP contribution in [-0.4, -0.2) is 24.0 Å². The standard InChI is InChI=1S/C20H23N3O/c1-15-5-4-6-16(11-15)12-21-14-20(24)22-10-9-17-13-23-19-8-3-2-7-18(17)19/h2-8,11,13,21,23H,9-10,12,14H2,1H3,(H,22,24). The summed E-state index contributed by atoms with van der Waals surface area (Å²) in [6.07, 6.45) is 2.85. The van der Waals surface area contributed by atoms with Gasteiger partial charge in [0, 0.05) is 30.2 Å². The van der Waals surface area contributed by atoms with Gasteiger partial charge in [-0.2, -0.15) is 0 Å². The van der Waals surface area contributed by atoms with E-state index in [2.05, 4.69) is 52.9 Å². The maximum Gasteiger partial charge on any atom is 0.233 e. The molecule has 1 heterocycles. The average Bonchev–Trinajstić information content (AvgIpc) is 2.98. The second-order valence-corrected chi connectivity index (χ2v) is 6.05. The molecule has 1 amide bonds.